The summed E-state index contributed by atoms with van der Waals surface area (Å²) in [6.45, 7) is 1.10. The van der Waals surface area contributed by atoms with Gasteiger partial charge in [0.05, 0.1) is 11.9 Å². The Morgan fingerprint density at radius 1 is 1.35 bits per heavy atom. The van der Waals surface area contributed by atoms with E-state index in [2.05, 4.69) is 10.3 Å². The average molecular weight is 280 g/mol. The molecular weight excluding hydrogens is 266 g/mol. The van der Waals surface area contributed by atoms with Crippen LogP contribution >= 0.6 is 0 Å². The second kappa shape index (κ2) is 6.14. The fraction of sp³-hybridized carbons (Fsp3) is 0.231. The minimum atomic E-state index is -1.09. The lowest BCUT2D eigenvalue weighted by Gasteiger charge is -2.08. The lowest BCUT2D eigenvalue weighted by atomic mass is 10.1. The van der Waals surface area contributed by atoms with Crippen LogP contribution in [-0.2, 0) is 6.54 Å². The van der Waals surface area contributed by atoms with Crippen molar-refractivity contribution in [3.05, 3.63) is 48.1 Å². The molecule has 0 radical (unpaired) electrons. The predicted octanol–water partition coefficient (Wildman–Crippen LogP) is 1.56. The van der Waals surface area contributed by atoms with Crippen molar-refractivity contribution in [1.29, 1.82) is 0 Å². The molecule has 2 rings (SSSR count). The van der Waals surface area contributed by atoms with Gasteiger partial charge in [-0.15, -0.1) is 0 Å². The van der Waals surface area contributed by atoms with Crippen molar-refractivity contribution in [2.75, 3.05) is 12.3 Å². The molecule has 2 aromatic rings. The molecule has 5 nitrogen and oxygen atoms in total. The Bertz CT molecular complexity index is 599. The number of halogens is 2. The number of carbonyl (C=O) groups is 1. The molecule has 0 spiro atoms. The third-order valence-corrected chi connectivity index (χ3v) is 2.77. The van der Waals surface area contributed by atoms with Gasteiger partial charge in [-0.25, -0.2) is 13.8 Å². The maximum absolute atomic E-state index is 13.1. The number of anilines is 1. The Morgan fingerprint density at radius 2 is 2.10 bits per heavy atom. The molecule has 0 fully saturated rings. The number of benzene rings is 1. The first kappa shape index (κ1) is 14.0. The molecule has 1 amide bonds. The van der Waals surface area contributed by atoms with Crippen molar-refractivity contribution in [2.45, 2.75) is 13.0 Å². The number of hydrogen-bond acceptors (Lipinski definition) is 3. The highest BCUT2D eigenvalue weighted by molar-refractivity contribution is 5.99. The van der Waals surface area contributed by atoms with Crippen LogP contribution in [0.15, 0.2) is 30.9 Å². The molecule has 0 aliphatic heterocycles. The third kappa shape index (κ3) is 3.31. The number of nitrogens with zero attached hydrogens (tertiary/aromatic N) is 2. The van der Waals surface area contributed by atoms with E-state index < -0.39 is 17.5 Å². The lowest BCUT2D eigenvalue weighted by molar-refractivity contribution is 0.0953. The number of carbonyl (C=O) groups excluding carboxylic acids is 1. The van der Waals surface area contributed by atoms with E-state index in [9.17, 15) is 13.6 Å². The molecule has 0 saturated carbocycles. The van der Waals surface area contributed by atoms with E-state index in [0.717, 1.165) is 12.1 Å². The van der Waals surface area contributed by atoms with Crippen LogP contribution in [0, 0.1) is 11.6 Å². The standard InChI is InChI=1S/C13H14F2N4O/c14-10-6-9(12(16)7-11(10)15)13(20)18-2-1-4-19-5-3-17-8-19/h3,5-8H,1-2,4,16H2,(H,18,20). The van der Waals surface area contributed by atoms with Crippen LogP contribution in [0.4, 0.5) is 14.5 Å². The topological polar surface area (TPSA) is 72.9 Å². The van der Waals surface area contributed by atoms with E-state index in [-0.39, 0.29) is 11.3 Å². The van der Waals surface area contributed by atoms with Crippen LogP contribution in [0.2, 0.25) is 0 Å². The highest BCUT2D eigenvalue weighted by atomic mass is 19.2. The first-order chi connectivity index (χ1) is 9.58. The van der Waals surface area contributed by atoms with E-state index in [1.165, 1.54) is 0 Å². The second-order valence-corrected chi connectivity index (χ2v) is 4.26. The molecule has 3 N–H and O–H groups in total. The number of rotatable bonds is 5. The van der Waals surface area contributed by atoms with Crippen LogP contribution in [-0.4, -0.2) is 22.0 Å². The third-order valence-electron chi connectivity index (χ3n) is 2.77. The molecule has 1 heterocycles. The van der Waals surface area contributed by atoms with Crippen LogP contribution in [0.25, 0.3) is 0 Å². The molecule has 106 valence electrons. The van der Waals surface area contributed by atoms with Crippen molar-refractivity contribution >= 4 is 11.6 Å². The maximum Gasteiger partial charge on any atom is 0.253 e. The quantitative estimate of drug-likeness (QED) is 0.645. The lowest BCUT2D eigenvalue weighted by Crippen LogP contribution is -2.26. The van der Waals surface area contributed by atoms with Gasteiger partial charge < -0.3 is 15.6 Å². The molecule has 0 unspecified atom stereocenters. The van der Waals surface area contributed by atoms with Crippen molar-refractivity contribution in [1.82, 2.24) is 14.9 Å². The predicted molar refractivity (Wildman–Crippen MR) is 69.9 cm³/mol. The number of nitrogen functional groups attached to an aromatic ring is 1. The molecule has 20 heavy (non-hydrogen) atoms. The zero-order valence-electron chi connectivity index (χ0n) is 10.6. The second-order valence-electron chi connectivity index (χ2n) is 4.26. The molecule has 0 aliphatic rings. The van der Waals surface area contributed by atoms with Gasteiger partial charge in [-0.1, -0.05) is 0 Å². The molecule has 7 heteroatoms. The van der Waals surface area contributed by atoms with Crippen LogP contribution in [0.5, 0.6) is 0 Å². The molecule has 0 saturated heterocycles. The Morgan fingerprint density at radius 3 is 2.80 bits per heavy atom. The van der Waals surface area contributed by atoms with Gasteiger partial charge in [-0.05, 0) is 12.5 Å². The van der Waals surface area contributed by atoms with Crippen LogP contribution in [0.3, 0.4) is 0 Å². The molecule has 0 aliphatic carbocycles. The van der Waals surface area contributed by atoms with E-state index in [1.807, 2.05) is 10.8 Å². The number of amides is 1. The molecule has 0 bridgehead atoms. The summed E-state index contributed by atoms with van der Waals surface area (Å²) in [7, 11) is 0. The van der Waals surface area contributed by atoms with Gasteiger partial charge in [0.25, 0.3) is 5.91 Å². The summed E-state index contributed by atoms with van der Waals surface area (Å²) in [5.74, 6) is -2.69. The number of aromatic nitrogens is 2. The summed E-state index contributed by atoms with van der Waals surface area (Å²) in [6.07, 6.45) is 5.84. The summed E-state index contributed by atoms with van der Waals surface area (Å²) in [4.78, 5) is 15.7. The zero-order valence-corrected chi connectivity index (χ0v) is 10.6. The Labute approximate surface area is 114 Å². The van der Waals surface area contributed by atoms with Gasteiger partial charge in [0.15, 0.2) is 11.6 Å². The average Bonchev–Trinajstić information content (AvgIpc) is 2.92. The van der Waals surface area contributed by atoms with E-state index in [0.29, 0.717) is 19.5 Å². The number of aryl methyl sites for hydroxylation is 1. The Balaban J connectivity index is 1.87. The van der Waals surface area contributed by atoms with Gasteiger partial charge in [-0.3, -0.25) is 4.79 Å². The summed E-state index contributed by atoms with van der Waals surface area (Å²) in [5, 5.41) is 2.61. The highest BCUT2D eigenvalue weighted by Gasteiger charge is 2.13. The minimum absolute atomic E-state index is 0.0634. The summed E-state index contributed by atoms with van der Waals surface area (Å²) in [6, 6.07) is 1.60. The monoisotopic (exact) mass is 280 g/mol. The van der Waals surface area contributed by atoms with Gasteiger partial charge in [-0.2, -0.15) is 0 Å². The van der Waals surface area contributed by atoms with Gasteiger partial charge in [0, 0.05) is 37.2 Å². The van der Waals surface area contributed by atoms with Crippen molar-refractivity contribution in [3.63, 3.8) is 0 Å². The van der Waals surface area contributed by atoms with Gasteiger partial charge in [0.2, 0.25) is 0 Å². The number of nitrogens with one attached hydrogen (secondary N) is 1. The largest absolute Gasteiger partial charge is 0.398 e. The Kier molecular flexibility index (Phi) is 4.29. The zero-order chi connectivity index (χ0) is 14.5. The van der Waals surface area contributed by atoms with Crippen molar-refractivity contribution in [2.24, 2.45) is 0 Å². The summed E-state index contributed by atoms with van der Waals surface area (Å²) >= 11 is 0. The number of hydrogen-bond donors (Lipinski definition) is 2. The van der Waals surface area contributed by atoms with Gasteiger partial charge in [0.1, 0.15) is 0 Å². The first-order valence-corrected chi connectivity index (χ1v) is 6.06. The highest BCUT2D eigenvalue weighted by Crippen LogP contribution is 2.16. The number of imidazole rings is 1. The normalized spacial score (nSPS) is 10.5. The van der Waals surface area contributed by atoms with E-state index in [1.54, 1.807) is 12.5 Å². The maximum atomic E-state index is 13.1. The summed E-state index contributed by atoms with van der Waals surface area (Å²) < 4.78 is 27.8. The van der Waals surface area contributed by atoms with Crippen LogP contribution < -0.4 is 11.1 Å². The molecule has 0 atom stereocenters. The van der Waals surface area contributed by atoms with Gasteiger partial charge >= 0.3 is 0 Å². The molecule has 1 aromatic carbocycles. The number of nitrogens with two attached hydrogens (primary N) is 1. The fourth-order valence-electron chi connectivity index (χ4n) is 1.74. The van der Waals surface area contributed by atoms with Crippen LogP contribution in [0.1, 0.15) is 16.8 Å². The fourth-order valence-corrected chi connectivity index (χ4v) is 1.74. The van der Waals surface area contributed by atoms with E-state index >= 15 is 0 Å². The summed E-state index contributed by atoms with van der Waals surface area (Å²) in [5.41, 5.74) is 5.34. The SMILES string of the molecule is Nc1cc(F)c(F)cc1C(=O)NCCCn1ccnc1. The molecular formula is C13H14F2N4O. The minimum Gasteiger partial charge on any atom is -0.398 e. The van der Waals surface area contributed by atoms with Crippen molar-refractivity contribution < 1.29 is 13.6 Å². The first-order valence-electron chi connectivity index (χ1n) is 6.06. The smallest absolute Gasteiger partial charge is 0.253 e. The molecule has 1 aromatic heterocycles. The Hall–Kier alpha value is -2.44. The van der Waals surface area contributed by atoms with E-state index in [4.69, 9.17) is 5.73 Å². The van der Waals surface area contributed by atoms with Crippen molar-refractivity contribution in [3.8, 4) is 0 Å².